The zero-order chi connectivity index (χ0) is 14.9. The van der Waals surface area contributed by atoms with Crippen molar-refractivity contribution in [3.63, 3.8) is 0 Å². The molecule has 1 heterocycles. The first kappa shape index (κ1) is 15.0. The maximum Gasteiger partial charge on any atom is 0.241 e. The van der Waals surface area contributed by atoms with Gasteiger partial charge in [-0.3, -0.25) is 10.1 Å². The van der Waals surface area contributed by atoms with Crippen LogP contribution < -0.4 is 5.32 Å². The van der Waals surface area contributed by atoms with Crippen LogP contribution in [0, 0.1) is 11.7 Å². The highest BCUT2D eigenvalue weighted by Crippen LogP contribution is 2.30. The van der Waals surface area contributed by atoms with Gasteiger partial charge in [0.05, 0.1) is 6.04 Å². The Kier molecular flexibility index (Phi) is 4.43. The Hall–Kier alpha value is -1.42. The molecule has 3 unspecified atom stereocenters. The zero-order valence-corrected chi connectivity index (χ0v) is 12.6. The van der Waals surface area contributed by atoms with Gasteiger partial charge in [-0.25, -0.2) is 4.39 Å². The number of halogens is 1. The van der Waals surface area contributed by atoms with E-state index in [-0.39, 0.29) is 30.0 Å². The molecular weight excluding hydrogens is 255 g/mol. The van der Waals surface area contributed by atoms with E-state index < -0.39 is 0 Å². The van der Waals surface area contributed by atoms with E-state index >= 15 is 0 Å². The molecule has 1 aliphatic rings. The predicted molar refractivity (Wildman–Crippen MR) is 77.5 cm³/mol. The number of hydrogen-bond acceptors (Lipinski definition) is 2. The molecule has 1 aromatic carbocycles. The maximum absolute atomic E-state index is 14.0. The lowest BCUT2D eigenvalue weighted by atomic mass is 10.0. The number of benzene rings is 1. The van der Waals surface area contributed by atoms with Crippen molar-refractivity contribution < 1.29 is 9.18 Å². The Morgan fingerprint density at radius 3 is 2.55 bits per heavy atom. The van der Waals surface area contributed by atoms with Crippen LogP contribution in [0.25, 0.3) is 0 Å². The molecule has 20 heavy (non-hydrogen) atoms. The lowest BCUT2D eigenvalue weighted by Crippen LogP contribution is -2.39. The van der Waals surface area contributed by atoms with E-state index in [0.717, 1.165) is 6.42 Å². The van der Waals surface area contributed by atoms with Gasteiger partial charge in [-0.05, 0) is 32.3 Å². The Balaban J connectivity index is 2.31. The summed E-state index contributed by atoms with van der Waals surface area (Å²) in [6, 6.07) is 6.47. The second-order valence-electron chi connectivity index (χ2n) is 6.04. The minimum atomic E-state index is -0.368. The van der Waals surface area contributed by atoms with Crippen LogP contribution in [0.3, 0.4) is 0 Å². The van der Waals surface area contributed by atoms with Gasteiger partial charge in [-0.15, -0.1) is 0 Å². The average molecular weight is 278 g/mol. The Bertz CT molecular complexity index is 489. The van der Waals surface area contributed by atoms with E-state index in [1.165, 1.54) is 6.07 Å². The SMILES string of the molecule is CC(C)CC(C)N1C(=O)C(C)NC1c1ccccc1F. The summed E-state index contributed by atoms with van der Waals surface area (Å²) in [6.45, 7) is 8.13. The smallest absolute Gasteiger partial charge is 0.241 e. The minimum absolute atomic E-state index is 0.0476. The molecule has 1 aromatic rings. The molecule has 0 radical (unpaired) electrons. The van der Waals surface area contributed by atoms with Gasteiger partial charge in [0, 0.05) is 11.6 Å². The molecule has 2 rings (SSSR count). The van der Waals surface area contributed by atoms with Crippen molar-refractivity contribution >= 4 is 5.91 Å². The van der Waals surface area contributed by atoms with Gasteiger partial charge in [0.1, 0.15) is 12.0 Å². The monoisotopic (exact) mass is 278 g/mol. The molecule has 0 aromatic heterocycles. The van der Waals surface area contributed by atoms with Crippen molar-refractivity contribution in [2.45, 2.75) is 52.4 Å². The number of carbonyl (C=O) groups excluding carboxylic acids is 1. The third-order valence-corrected chi connectivity index (χ3v) is 3.80. The molecule has 1 fully saturated rings. The third-order valence-electron chi connectivity index (χ3n) is 3.80. The van der Waals surface area contributed by atoms with E-state index in [1.54, 1.807) is 23.1 Å². The fourth-order valence-electron chi connectivity index (χ4n) is 2.94. The predicted octanol–water partition coefficient (Wildman–Crippen LogP) is 3.08. The van der Waals surface area contributed by atoms with Gasteiger partial charge in [-0.1, -0.05) is 32.0 Å². The van der Waals surface area contributed by atoms with Crippen molar-refractivity contribution in [1.29, 1.82) is 0 Å². The first-order valence-electron chi connectivity index (χ1n) is 7.24. The quantitative estimate of drug-likeness (QED) is 0.918. The molecule has 1 aliphatic heterocycles. The highest BCUT2D eigenvalue weighted by molar-refractivity contribution is 5.84. The molecule has 110 valence electrons. The standard InChI is InChI=1S/C16H23FN2O/c1-10(2)9-11(3)19-15(18-12(4)16(19)20)13-7-5-6-8-14(13)17/h5-8,10-12,15,18H,9H2,1-4H3. The lowest BCUT2D eigenvalue weighted by molar-refractivity contribution is -0.132. The molecule has 3 nitrogen and oxygen atoms in total. The molecule has 0 bridgehead atoms. The van der Waals surface area contributed by atoms with E-state index in [1.807, 2.05) is 13.8 Å². The molecule has 1 saturated heterocycles. The molecule has 4 heteroatoms. The van der Waals surface area contributed by atoms with Gasteiger partial charge >= 0.3 is 0 Å². The lowest BCUT2D eigenvalue weighted by Gasteiger charge is -2.31. The topological polar surface area (TPSA) is 32.3 Å². The molecule has 1 N–H and O–H groups in total. The summed E-state index contributed by atoms with van der Waals surface area (Å²) < 4.78 is 14.0. The van der Waals surface area contributed by atoms with E-state index in [4.69, 9.17) is 0 Å². The highest BCUT2D eigenvalue weighted by atomic mass is 19.1. The molecule has 0 saturated carbocycles. The fourth-order valence-corrected chi connectivity index (χ4v) is 2.94. The Labute approximate surface area is 120 Å². The summed E-state index contributed by atoms with van der Waals surface area (Å²) in [4.78, 5) is 14.2. The largest absolute Gasteiger partial charge is 0.319 e. The van der Waals surface area contributed by atoms with Crippen LogP contribution in [-0.2, 0) is 4.79 Å². The van der Waals surface area contributed by atoms with Crippen molar-refractivity contribution in [1.82, 2.24) is 10.2 Å². The number of nitrogens with one attached hydrogen (secondary N) is 1. The number of rotatable bonds is 4. The summed E-state index contributed by atoms with van der Waals surface area (Å²) in [6.07, 6.45) is 0.540. The van der Waals surface area contributed by atoms with Crippen molar-refractivity contribution in [3.8, 4) is 0 Å². The molecule has 0 aliphatic carbocycles. The first-order chi connectivity index (χ1) is 9.41. The Morgan fingerprint density at radius 1 is 1.30 bits per heavy atom. The van der Waals surface area contributed by atoms with Crippen molar-refractivity contribution in [3.05, 3.63) is 35.6 Å². The van der Waals surface area contributed by atoms with Gasteiger partial charge in [0.15, 0.2) is 0 Å². The Morgan fingerprint density at radius 2 is 1.95 bits per heavy atom. The van der Waals surface area contributed by atoms with Crippen LogP contribution in [0.1, 0.15) is 45.8 Å². The molecule has 0 spiro atoms. The normalized spacial score (nSPS) is 24.5. The number of amides is 1. The van der Waals surface area contributed by atoms with E-state index in [2.05, 4.69) is 19.2 Å². The molecular formula is C16H23FN2O. The van der Waals surface area contributed by atoms with Crippen LogP contribution in [0.5, 0.6) is 0 Å². The average Bonchev–Trinajstić information content (AvgIpc) is 2.65. The minimum Gasteiger partial charge on any atom is -0.319 e. The first-order valence-corrected chi connectivity index (χ1v) is 7.24. The van der Waals surface area contributed by atoms with Crippen LogP contribution in [-0.4, -0.2) is 22.9 Å². The number of carbonyl (C=O) groups is 1. The summed E-state index contributed by atoms with van der Waals surface area (Å²) >= 11 is 0. The van der Waals surface area contributed by atoms with Crippen LogP contribution in [0.2, 0.25) is 0 Å². The van der Waals surface area contributed by atoms with Crippen molar-refractivity contribution in [2.24, 2.45) is 5.92 Å². The maximum atomic E-state index is 14.0. The summed E-state index contributed by atoms with van der Waals surface area (Å²) in [5.41, 5.74) is 0.542. The molecule has 3 atom stereocenters. The fraction of sp³-hybridized carbons (Fsp3) is 0.562. The van der Waals surface area contributed by atoms with Crippen molar-refractivity contribution in [2.75, 3.05) is 0 Å². The second-order valence-corrected chi connectivity index (χ2v) is 6.04. The highest BCUT2D eigenvalue weighted by Gasteiger charge is 2.40. The zero-order valence-electron chi connectivity index (χ0n) is 12.6. The summed E-state index contributed by atoms with van der Waals surface area (Å²) in [5.74, 6) is 0.273. The van der Waals surface area contributed by atoms with Gasteiger partial charge in [0.25, 0.3) is 0 Å². The molecule has 1 amide bonds. The second kappa shape index (κ2) is 5.92. The van der Waals surface area contributed by atoms with Gasteiger partial charge in [-0.2, -0.15) is 0 Å². The van der Waals surface area contributed by atoms with E-state index in [9.17, 15) is 9.18 Å². The van der Waals surface area contributed by atoms with Gasteiger partial charge in [0.2, 0.25) is 5.91 Å². The van der Waals surface area contributed by atoms with Crippen LogP contribution in [0.4, 0.5) is 4.39 Å². The summed E-state index contributed by atoms with van der Waals surface area (Å²) in [5, 5.41) is 3.20. The number of nitrogens with zero attached hydrogens (tertiary/aromatic N) is 1. The number of hydrogen-bond donors (Lipinski definition) is 1. The van der Waals surface area contributed by atoms with E-state index in [0.29, 0.717) is 11.5 Å². The van der Waals surface area contributed by atoms with Crippen LogP contribution >= 0.6 is 0 Å². The van der Waals surface area contributed by atoms with Crippen LogP contribution in [0.15, 0.2) is 24.3 Å². The summed E-state index contributed by atoms with van der Waals surface area (Å²) in [7, 11) is 0. The van der Waals surface area contributed by atoms with Gasteiger partial charge < -0.3 is 4.90 Å². The third kappa shape index (κ3) is 2.85.